The van der Waals surface area contributed by atoms with E-state index in [1.54, 1.807) is 0 Å². The smallest absolute Gasteiger partial charge is 0.162 e. The van der Waals surface area contributed by atoms with Gasteiger partial charge in [0.2, 0.25) is 0 Å². The Bertz CT molecular complexity index is 942. The Morgan fingerprint density at radius 3 is 1.86 bits per heavy atom. The fourth-order valence-electron chi connectivity index (χ4n) is 5.82. The largest absolute Gasteiger partial charge is 0.294 e. The van der Waals surface area contributed by atoms with Gasteiger partial charge in [0.1, 0.15) is 0 Å². The lowest BCUT2D eigenvalue weighted by Crippen LogP contribution is -2.25. The van der Waals surface area contributed by atoms with Crippen LogP contribution in [0.2, 0.25) is 0 Å². The predicted octanol–water partition coefficient (Wildman–Crippen LogP) is 10.4. The van der Waals surface area contributed by atoms with Gasteiger partial charge in [-0.1, -0.05) is 120 Å². The van der Waals surface area contributed by atoms with E-state index >= 15 is 0 Å². The molecule has 2 aromatic rings. The normalized spacial score (nSPS) is 19.6. The third-order valence-corrected chi connectivity index (χ3v) is 8.37. The van der Waals surface area contributed by atoms with Crippen molar-refractivity contribution < 1.29 is 4.79 Å². The molecule has 2 aromatic carbocycles. The minimum Gasteiger partial charge on any atom is -0.294 e. The van der Waals surface area contributed by atoms with Crippen LogP contribution >= 0.6 is 0 Å². The number of unbranched alkanes of at least 4 members (excludes halogenated alkanes) is 8. The Labute approximate surface area is 220 Å². The third kappa shape index (κ3) is 8.33. The van der Waals surface area contributed by atoms with E-state index < -0.39 is 0 Å². The van der Waals surface area contributed by atoms with Crippen LogP contribution in [0.25, 0.3) is 11.1 Å². The van der Waals surface area contributed by atoms with E-state index in [4.69, 9.17) is 0 Å². The average Bonchev–Trinajstić information content (AvgIpc) is 2.93. The van der Waals surface area contributed by atoms with Crippen molar-refractivity contribution in [2.45, 2.75) is 122 Å². The van der Waals surface area contributed by atoms with E-state index in [9.17, 15) is 10.1 Å². The maximum Gasteiger partial charge on any atom is 0.162 e. The van der Waals surface area contributed by atoms with Gasteiger partial charge in [0.05, 0.1) is 11.5 Å². The summed E-state index contributed by atoms with van der Waals surface area (Å²) in [6, 6.07) is 19.9. The van der Waals surface area contributed by atoms with E-state index in [0.29, 0.717) is 12.3 Å². The Morgan fingerprint density at radius 2 is 1.31 bits per heavy atom. The molecule has 2 heteroatoms. The molecule has 0 aromatic heterocycles. The number of benzene rings is 2. The van der Waals surface area contributed by atoms with Crippen LogP contribution in [0.4, 0.5) is 0 Å². The highest BCUT2D eigenvalue weighted by Gasteiger charge is 2.35. The van der Waals surface area contributed by atoms with Gasteiger partial charge < -0.3 is 0 Å². The minimum atomic E-state index is -0.0860. The second-order valence-corrected chi connectivity index (χ2v) is 11.1. The van der Waals surface area contributed by atoms with E-state index in [0.717, 1.165) is 56.1 Å². The third-order valence-electron chi connectivity index (χ3n) is 8.37. The maximum atomic E-state index is 12.5. The van der Waals surface area contributed by atoms with Gasteiger partial charge in [0, 0.05) is 12.0 Å². The molecule has 1 aliphatic rings. The molecule has 36 heavy (non-hydrogen) atoms. The standard InChI is InChI=1S/C34H47NO/c1-3-5-7-9-11-13-33(36)32-20-18-29(19-21-32)28-14-16-30(17-15-28)31-22-25-34(27-35,26-23-31)24-12-10-8-6-4-2/h14-21,31H,3-13,22-26H2,1-2H3. The van der Waals surface area contributed by atoms with Crippen LogP contribution in [0, 0.1) is 16.7 Å². The highest BCUT2D eigenvalue weighted by atomic mass is 16.1. The molecule has 2 nitrogen and oxygen atoms in total. The van der Waals surface area contributed by atoms with Crippen LogP contribution in [0.5, 0.6) is 0 Å². The molecule has 0 atom stereocenters. The van der Waals surface area contributed by atoms with Gasteiger partial charge in [0.15, 0.2) is 5.78 Å². The van der Waals surface area contributed by atoms with Crippen molar-refractivity contribution in [1.82, 2.24) is 0 Å². The number of ketones is 1. The first-order chi connectivity index (χ1) is 17.6. The topological polar surface area (TPSA) is 40.9 Å². The fourth-order valence-corrected chi connectivity index (χ4v) is 5.82. The van der Waals surface area contributed by atoms with E-state index in [-0.39, 0.29) is 11.2 Å². The van der Waals surface area contributed by atoms with E-state index in [1.807, 2.05) is 12.1 Å². The lowest BCUT2D eigenvalue weighted by Gasteiger charge is -2.35. The molecule has 0 N–H and O–H groups in total. The fraction of sp³-hybridized carbons (Fsp3) is 0.588. The first kappa shape index (κ1) is 28.2. The average molecular weight is 486 g/mol. The first-order valence-corrected chi connectivity index (χ1v) is 14.8. The van der Waals surface area contributed by atoms with Gasteiger partial charge in [0.25, 0.3) is 0 Å². The molecule has 0 saturated heterocycles. The molecule has 0 unspecified atom stereocenters. The summed E-state index contributed by atoms with van der Waals surface area (Å²) in [5.74, 6) is 0.832. The van der Waals surface area contributed by atoms with Crippen molar-refractivity contribution in [2.75, 3.05) is 0 Å². The van der Waals surface area contributed by atoms with Crippen LogP contribution in [0.3, 0.4) is 0 Å². The van der Waals surface area contributed by atoms with Crippen LogP contribution in [0.1, 0.15) is 138 Å². The Morgan fingerprint density at radius 1 is 0.778 bits per heavy atom. The zero-order chi connectivity index (χ0) is 25.6. The van der Waals surface area contributed by atoms with Gasteiger partial charge in [-0.25, -0.2) is 0 Å². The molecular weight excluding hydrogens is 438 g/mol. The molecule has 1 aliphatic carbocycles. The molecule has 3 rings (SSSR count). The summed E-state index contributed by atoms with van der Waals surface area (Å²) in [6.07, 6.45) is 18.3. The van der Waals surface area contributed by atoms with Crippen LogP contribution in [-0.2, 0) is 0 Å². The molecule has 0 radical (unpaired) electrons. The Hall–Kier alpha value is -2.40. The molecule has 0 bridgehead atoms. The van der Waals surface area contributed by atoms with Gasteiger partial charge in [-0.05, 0) is 61.1 Å². The van der Waals surface area contributed by atoms with E-state index in [1.165, 1.54) is 62.5 Å². The second-order valence-electron chi connectivity index (χ2n) is 11.1. The zero-order valence-electron chi connectivity index (χ0n) is 22.9. The monoisotopic (exact) mass is 485 g/mol. The summed E-state index contributed by atoms with van der Waals surface area (Å²) in [4.78, 5) is 12.5. The molecule has 1 fully saturated rings. The van der Waals surface area contributed by atoms with Crippen molar-refractivity contribution in [3.63, 3.8) is 0 Å². The van der Waals surface area contributed by atoms with Gasteiger partial charge in [-0.2, -0.15) is 5.26 Å². The van der Waals surface area contributed by atoms with Crippen molar-refractivity contribution in [3.8, 4) is 17.2 Å². The van der Waals surface area contributed by atoms with Crippen molar-refractivity contribution in [1.29, 1.82) is 5.26 Å². The van der Waals surface area contributed by atoms with Gasteiger partial charge in [-0.3, -0.25) is 4.79 Å². The summed E-state index contributed by atoms with van der Waals surface area (Å²) < 4.78 is 0. The summed E-state index contributed by atoms with van der Waals surface area (Å²) in [7, 11) is 0. The highest BCUT2D eigenvalue weighted by Crippen LogP contribution is 2.45. The lowest BCUT2D eigenvalue weighted by atomic mass is 9.67. The summed E-state index contributed by atoms with van der Waals surface area (Å²) >= 11 is 0. The number of carbonyl (C=O) groups excluding carboxylic acids is 1. The van der Waals surface area contributed by atoms with Crippen LogP contribution in [0.15, 0.2) is 48.5 Å². The number of carbonyl (C=O) groups is 1. The molecular formula is C34H47NO. The van der Waals surface area contributed by atoms with E-state index in [2.05, 4.69) is 56.3 Å². The van der Waals surface area contributed by atoms with Crippen LogP contribution in [-0.4, -0.2) is 5.78 Å². The highest BCUT2D eigenvalue weighted by molar-refractivity contribution is 5.96. The van der Waals surface area contributed by atoms with Crippen molar-refractivity contribution in [3.05, 3.63) is 59.7 Å². The molecule has 1 saturated carbocycles. The molecule has 0 aliphatic heterocycles. The number of hydrogen-bond acceptors (Lipinski definition) is 2. The quantitative estimate of drug-likeness (QED) is 0.186. The number of nitrogens with zero attached hydrogens (tertiary/aromatic N) is 1. The van der Waals surface area contributed by atoms with Crippen LogP contribution < -0.4 is 0 Å². The molecule has 0 amide bonds. The zero-order valence-corrected chi connectivity index (χ0v) is 22.9. The number of rotatable bonds is 15. The summed E-state index contributed by atoms with van der Waals surface area (Å²) in [6.45, 7) is 4.47. The Kier molecular flexibility index (Phi) is 11.7. The Balaban J connectivity index is 1.49. The molecule has 194 valence electrons. The number of Topliss-reactive ketones (excluding diaryl/α,β-unsaturated/α-hetero) is 1. The number of nitriles is 1. The number of hydrogen-bond donors (Lipinski definition) is 0. The predicted molar refractivity (Wildman–Crippen MR) is 152 cm³/mol. The maximum absolute atomic E-state index is 12.5. The second kappa shape index (κ2) is 15.0. The van der Waals surface area contributed by atoms with Crippen molar-refractivity contribution >= 4 is 5.78 Å². The summed E-state index contributed by atoms with van der Waals surface area (Å²) in [5, 5.41) is 9.92. The first-order valence-electron chi connectivity index (χ1n) is 14.8. The summed E-state index contributed by atoms with van der Waals surface area (Å²) in [5.41, 5.74) is 4.52. The molecule has 0 spiro atoms. The molecule has 0 heterocycles. The van der Waals surface area contributed by atoms with Gasteiger partial charge >= 0.3 is 0 Å². The lowest BCUT2D eigenvalue weighted by molar-refractivity contribution is 0.0979. The SMILES string of the molecule is CCCCCCCC(=O)c1ccc(-c2ccc(C3CCC(C#N)(CCCCCCC)CC3)cc2)cc1. The van der Waals surface area contributed by atoms with Gasteiger partial charge in [-0.15, -0.1) is 0 Å². The van der Waals surface area contributed by atoms with Crippen molar-refractivity contribution in [2.24, 2.45) is 5.41 Å². The minimum absolute atomic E-state index is 0.0860.